The lowest BCUT2D eigenvalue weighted by atomic mass is 10.0. The summed E-state index contributed by atoms with van der Waals surface area (Å²) in [5, 5.41) is 3.37. The highest BCUT2D eigenvalue weighted by Crippen LogP contribution is 2.25. The zero-order valence-corrected chi connectivity index (χ0v) is 12.4. The second-order valence-corrected chi connectivity index (χ2v) is 5.35. The molecule has 0 bridgehead atoms. The Morgan fingerprint density at radius 2 is 2.26 bits per heavy atom. The Morgan fingerprint density at radius 1 is 1.42 bits per heavy atom. The predicted octanol–water partition coefficient (Wildman–Crippen LogP) is 2.72. The molecule has 2 rings (SSSR count). The van der Waals surface area contributed by atoms with E-state index in [0.29, 0.717) is 6.10 Å². The van der Waals surface area contributed by atoms with Crippen LogP contribution < -0.4 is 10.2 Å². The molecule has 0 saturated carbocycles. The van der Waals surface area contributed by atoms with Crippen LogP contribution in [0.15, 0.2) is 18.2 Å². The average Bonchev–Trinajstić information content (AvgIpc) is 2.45. The monoisotopic (exact) mass is 262 g/mol. The first-order valence-electron chi connectivity index (χ1n) is 7.32. The van der Waals surface area contributed by atoms with Crippen LogP contribution in [0.2, 0.25) is 0 Å². The highest BCUT2D eigenvalue weighted by molar-refractivity contribution is 5.54. The molecule has 0 radical (unpaired) electrons. The second-order valence-electron chi connectivity index (χ2n) is 5.35. The molecule has 106 valence electrons. The molecular weight excluding hydrogens is 236 g/mol. The fourth-order valence-electron chi connectivity index (χ4n) is 2.80. The maximum Gasteiger partial charge on any atom is 0.0746 e. The summed E-state index contributed by atoms with van der Waals surface area (Å²) in [6.07, 6.45) is 2.79. The summed E-state index contributed by atoms with van der Waals surface area (Å²) in [7, 11) is 1.82. The van der Waals surface area contributed by atoms with E-state index in [0.717, 1.165) is 26.2 Å². The van der Waals surface area contributed by atoms with E-state index in [4.69, 9.17) is 4.74 Å². The van der Waals surface area contributed by atoms with Crippen molar-refractivity contribution in [3.05, 3.63) is 29.3 Å². The largest absolute Gasteiger partial charge is 0.380 e. The van der Waals surface area contributed by atoms with Crippen molar-refractivity contribution in [2.45, 2.75) is 39.3 Å². The molecular formula is C16H26N2O. The van der Waals surface area contributed by atoms with Gasteiger partial charge >= 0.3 is 0 Å². The van der Waals surface area contributed by atoms with Crippen LogP contribution >= 0.6 is 0 Å². The number of methoxy groups -OCH3 is 1. The first kappa shape index (κ1) is 14.4. The van der Waals surface area contributed by atoms with Crippen LogP contribution in [0.1, 0.15) is 30.9 Å². The molecule has 1 aliphatic rings. The predicted molar refractivity (Wildman–Crippen MR) is 80.8 cm³/mol. The number of anilines is 1. The van der Waals surface area contributed by atoms with Gasteiger partial charge in [0.1, 0.15) is 0 Å². The molecule has 19 heavy (non-hydrogen) atoms. The van der Waals surface area contributed by atoms with Crippen LogP contribution in [0.5, 0.6) is 0 Å². The summed E-state index contributed by atoms with van der Waals surface area (Å²) in [5.74, 6) is 0. The lowest BCUT2D eigenvalue weighted by Gasteiger charge is -2.34. The number of nitrogens with zero attached hydrogens (tertiary/aromatic N) is 1. The molecule has 1 fully saturated rings. The third-order valence-electron chi connectivity index (χ3n) is 3.89. The Labute approximate surface area is 116 Å². The Hall–Kier alpha value is -1.06. The number of benzene rings is 1. The normalized spacial score (nSPS) is 19.7. The van der Waals surface area contributed by atoms with Gasteiger partial charge in [0.2, 0.25) is 0 Å². The van der Waals surface area contributed by atoms with E-state index in [2.05, 4.69) is 42.3 Å². The minimum Gasteiger partial charge on any atom is -0.380 e. The number of rotatable bonds is 5. The minimum atomic E-state index is 0.384. The zero-order chi connectivity index (χ0) is 13.7. The van der Waals surface area contributed by atoms with E-state index in [1.165, 1.54) is 29.7 Å². The van der Waals surface area contributed by atoms with Crippen molar-refractivity contribution >= 4 is 5.69 Å². The van der Waals surface area contributed by atoms with Gasteiger partial charge in [0.25, 0.3) is 0 Å². The lowest BCUT2D eigenvalue weighted by molar-refractivity contribution is 0.0893. The van der Waals surface area contributed by atoms with E-state index < -0.39 is 0 Å². The number of piperidine rings is 1. The van der Waals surface area contributed by atoms with Gasteiger partial charge < -0.3 is 15.0 Å². The first-order chi connectivity index (χ1) is 9.24. The van der Waals surface area contributed by atoms with Crippen molar-refractivity contribution in [1.29, 1.82) is 0 Å². The Bertz CT molecular complexity index is 406. The average molecular weight is 262 g/mol. The number of hydrogen-bond acceptors (Lipinski definition) is 3. The molecule has 1 unspecified atom stereocenters. The number of hydrogen-bond donors (Lipinski definition) is 1. The van der Waals surface area contributed by atoms with E-state index >= 15 is 0 Å². The Morgan fingerprint density at radius 3 is 2.95 bits per heavy atom. The van der Waals surface area contributed by atoms with Crippen LogP contribution in [0.4, 0.5) is 5.69 Å². The molecule has 0 amide bonds. The molecule has 1 aliphatic heterocycles. The van der Waals surface area contributed by atoms with E-state index in [1.54, 1.807) is 0 Å². The van der Waals surface area contributed by atoms with Gasteiger partial charge in [0.05, 0.1) is 6.10 Å². The first-order valence-corrected chi connectivity index (χ1v) is 7.32. The molecule has 0 aliphatic carbocycles. The van der Waals surface area contributed by atoms with Crippen LogP contribution in [-0.2, 0) is 11.3 Å². The van der Waals surface area contributed by atoms with Crippen molar-refractivity contribution in [2.75, 3.05) is 31.6 Å². The van der Waals surface area contributed by atoms with Gasteiger partial charge in [-0.3, -0.25) is 0 Å². The number of ether oxygens (including phenoxy) is 1. The maximum atomic E-state index is 5.51. The van der Waals surface area contributed by atoms with Gasteiger partial charge in [-0.1, -0.05) is 19.1 Å². The molecule has 1 aromatic carbocycles. The summed E-state index contributed by atoms with van der Waals surface area (Å²) in [5.41, 5.74) is 4.09. The molecule has 1 saturated heterocycles. The second kappa shape index (κ2) is 6.92. The Kier molecular flexibility index (Phi) is 5.23. The maximum absolute atomic E-state index is 5.51. The summed E-state index contributed by atoms with van der Waals surface area (Å²) in [4.78, 5) is 2.46. The van der Waals surface area contributed by atoms with Gasteiger partial charge in [-0.2, -0.15) is 0 Å². The molecule has 0 aromatic heterocycles. The highest BCUT2D eigenvalue weighted by Gasteiger charge is 2.20. The molecule has 1 atom stereocenters. The van der Waals surface area contributed by atoms with Crippen molar-refractivity contribution in [1.82, 2.24) is 5.32 Å². The molecule has 1 N–H and O–H groups in total. The summed E-state index contributed by atoms with van der Waals surface area (Å²) >= 11 is 0. The fourth-order valence-corrected chi connectivity index (χ4v) is 2.80. The highest BCUT2D eigenvalue weighted by atomic mass is 16.5. The van der Waals surface area contributed by atoms with Gasteiger partial charge in [0, 0.05) is 32.4 Å². The quantitative estimate of drug-likeness (QED) is 0.883. The fraction of sp³-hybridized carbons (Fsp3) is 0.625. The molecule has 3 heteroatoms. The topological polar surface area (TPSA) is 24.5 Å². The standard InChI is InChI=1S/C16H26N2O/c1-4-17-11-14-7-8-16(13(2)10-14)18-9-5-6-15(12-18)19-3/h7-8,10,15,17H,4-6,9,11-12H2,1-3H3. The van der Waals surface area contributed by atoms with E-state index in [1.807, 2.05) is 7.11 Å². The molecule has 3 nitrogen and oxygen atoms in total. The summed E-state index contributed by atoms with van der Waals surface area (Å²) in [6, 6.07) is 6.80. The molecule has 1 heterocycles. The van der Waals surface area contributed by atoms with Crippen LogP contribution in [-0.4, -0.2) is 32.8 Å². The van der Waals surface area contributed by atoms with Crippen LogP contribution in [0.3, 0.4) is 0 Å². The molecule has 1 aromatic rings. The smallest absolute Gasteiger partial charge is 0.0746 e. The Balaban J connectivity index is 2.07. The van der Waals surface area contributed by atoms with Gasteiger partial charge in [0.15, 0.2) is 0 Å². The van der Waals surface area contributed by atoms with E-state index in [9.17, 15) is 0 Å². The van der Waals surface area contributed by atoms with E-state index in [-0.39, 0.29) is 0 Å². The number of nitrogens with one attached hydrogen (secondary N) is 1. The third-order valence-corrected chi connectivity index (χ3v) is 3.89. The van der Waals surface area contributed by atoms with Crippen molar-refractivity contribution in [3.63, 3.8) is 0 Å². The van der Waals surface area contributed by atoms with Gasteiger partial charge in [-0.25, -0.2) is 0 Å². The lowest BCUT2D eigenvalue weighted by Crippen LogP contribution is -2.39. The zero-order valence-electron chi connectivity index (χ0n) is 12.4. The SMILES string of the molecule is CCNCc1ccc(N2CCCC(OC)C2)c(C)c1. The summed E-state index contributed by atoms with van der Waals surface area (Å²) < 4.78 is 5.51. The van der Waals surface area contributed by atoms with Crippen LogP contribution in [0.25, 0.3) is 0 Å². The summed E-state index contributed by atoms with van der Waals surface area (Å²) in [6.45, 7) is 8.49. The van der Waals surface area contributed by atoms with Crippen molar-refractivity contribution < 1.29 is 4.74 Å². The van der Waals surface area contributed by atoms with Crippen molar-refractivity contribution in [2.24, 2.45) is 0 Å². The van der Waals surface area contributed by atoms with Crippen LogP contribution in [0, 0.1) is 6.92 Å². The molecule has 0 spiro atoms. The number of aryl methyl sites for hydroxylation is 1. The van der Waals surface area contributed by atoms with Gasteiger partial charge in [-0.15, -0.1) is 0 Å². The third kappa shape index (κ3) is 3.71. The minimum absolute atomic E-state index is 0.384. The van der Waals surface area contributed by atoms with Crippen molar-refractivity contribution in [3.8, 4) is 0 Å². The van der Waals surface area contributed by atoms with Gasteiger partial charge in [-0.05, 0) is 43.5 Å².